The highest BCUT2D eigenvalue weighted by molar-refractivity contribution is 6.26. The summed E-state index contributed by atoms with van der Waals surface area (Å²) < 4.78 is 1.33. The zero-order valence-corrected chi connectivity index (χ0v) is 18.5. The van der Waals surface area contributed by atoms with E-state index in [2.05, 4.69) is 25.9 Å². The topological polar surface area (TPSA) is 156 Å². The van der Waals surface area contributed by atoms with Gasteiger partial charge in [-0.05, 0) is 37.6 Å². The number of fused-ring (bicyclic) bond motifs is 1. The van der Waals surface area contributed by atoms with Gasteiger partial charge in [-0.3, -0.25) is 39.2 Å². The Morgan fingerprint density at radius 1 is 1.09 bits per heavy atom. The summed E-state index contributed by atoms with van der Waals surface area (Å²) >= 11 is 0. The number of piperidine rings is 1. The molecule has 1 aromatic carbocycles. The van der Waals surface area contributed by atoms with Crippen LogP contribution in [0, 0.1) is 6.92 Å². The molecule has 0 aliphatic carbocycles. The molecule has 0 saturated carbocycles. The Morgan fingerprint density at radius 3 is 2.66 bits per heavy atom. The predicted molar refractivity (Wildman–Crippen MR) is 120 cm³/mol. The molecule has 35 heavy (non-hydrogen) atoms. The molecule has 0 radical (unpaired) electrons. The van der Waals surface area contributed by atoms with Crippen molar-refractivity contribution in [3.8, 4) is 11.4 Å². The van der Waals surface area contributed by atoms with Gasteiger partial charge < -0.3 is 5.32 Å². The second-order valence-corrected chi connectivity index (χ2v) is 8.19. The maximum Gasteiger partial charge on any atom is 0.264 e. The minimum Gasteiger partial charge on any atom is -0.324 e. The van der Waals surface area contributed by atoms with Crippen molar-refractivity contribution in [1.29, 1.82) is 0 Å². The lowest BCUT2D eigenvalue weighted by Crippen LogP contribution is -2.54. The summed E-state index contributed by atoms with van der Waals surface area (Å²) in [6.07, 6.45) is 1.64. The van der Waals surface area contributed by atoms with Crippen molar-refractivity contribution in [3.05, 3.63) is 59.4 Å². The van der Waals surface area contributed by atoms with E-state index in [4.69, 9.17) is 0 Å². The number of carbonyl (C=O) groups excluding carboxylic acids is 5. The van der Waals surface area contributed by atoms with Crippen molar-refractivity contribution in [2.24, 2.45) is 0 Å². The number of aromatic nitrogens is 4. The van der Waals surface area contributed by atoms with Crippen molar-refractivity contribution in [2.45, 2.75) is 32.4 Å². The summed E-state index contributed by atoms with van der Waals surface area (Å²) in [6, 6.07) is 8.88. The summed E-state index contributed by atoms with van der Waals surface area (Å²) in [6.45, 7) is 1.66. The zero-order valence-electron chi connectivity index (χ0n) is 18.5. The molecule has 12 nitrogen and oxygen atoms in total. The standard InChI is InChI=1S/C23H19N7O5/c1-12-4-2-6-14(24-12)16-10-29(28-27-16)11-19(32)25-15-7-3-5-13-20(15)23(35)30(22(13)34)17-8-9-18(31)26-21(17)33/h2-7,10,17H,8-9,11H2,1H3,(H,25,32)(H,26,31,33). The first-order chi connectivity index (χ1) is 16.8. The summed E-state index contributed by atoms with van der Waals surface area (Å²) in [5.74, 6) is -3.01. The molecule has 1 saturated heterocycles. The molecular weight excluding hydrogens is 454 g/mol. The van der Waals surface area contributed by atoms with Crippen molar-refractivity contribution in [2.75, 3.05) is 5.32 Å². The van der Waals surface area contributed by atoms with E-state index in [1.54, 1.807) is 12.3 Å². The number of nitrogens with one attached hydrogen (secondary N) is 2. The third-order valence-corrected chi connectivity index (χ3v) is 5.74. The fraction of sp³-hybridized carbons (Fsp3) is 0.217. The van der Waals surface area contributed by atoms with Crippen molar-refractivity contribution >= 4 is 35.2 Å². The molecule has 4 heterocycles. The van der Waals surface area contributed by atoms with Crippen molar-refractivity contribution in [1.82, 2.24) is 30.2 Å². The fourth-order valence-electron chi connectivity index (χ4n) is 4.13. The molecule has 1 fully saturated rings. The number of pyridine rings is 1. The summed E-state index contributed by atoms with van der Waals surface area (Å²) in [5.41, 5.74) is 2.16. The number of hydrogen-bond acceptors (Lipinski definition) is 8. The average molecular weight is 473 g/mol. The minimum absolute atomic E-state index is 0.00112. The Balaban J connectivity index is 1.33. The molecule has 3 aromatic rings. The molecule has 1 atom stereocenters. The van der Waals surface area contributed by atoms with E-state index >= 15 is 0 Å². The second-order valence-electron chi connectivity index (χ2n) is 8.19. The van der Waals surface area contributed by atoms with Crippen molar-refractivity contribution in [3.63, 3.8) is 0 Å². The molecule has 2 aromatic heterocycles. The highest BCUT2D eigenvalue weighted by Crippen LogP contribution is 2.32. The first-order valence-corrected chi connectivity index (χ1v) is 10.8. The van der Waals surface area contributed by atoms with Gasteiger partial charge in [0.2, 0.25) is 17.7 Å². The monoisotopic (exact) mass is 473 g/mol. The lowest BCUT2D eigenvalue weighted by Gasteiger charge is -2.27. The van der Waals surface area contributed by atoms with E-state index in [0.717, 1.165) is 10.6 Å². The van der Waals surface area contributed by atoms with E-state index in [1.165, 1.54) is 22.9 Å². The van der Waals surface area contributed by atoms with Gasteiger partial charge in [-0.1, -0.05) is 17.3 Å². The summed E-state index contributed by atoms with van der Waals surface area (Å²) in [4.78, 5) is 67.7. The number of rotatable bonds is 5. The van der Waals surface area contributed by atoms with Gasteiger partial charge >= 0.3 is 0 Å². The summed E-state index contributed by atoms with van der Waals surface area (Å²) in [7, 11) is 0. The minimum atomic E-state index is -1.09. The molecule has 12 heteroatoms. The van der Waals surface area contributed by atoms with Crippen LogP contribution in [0.25, 0.3) is 11.4 Å². The van der Waals surface area contributed by atoms with Gasteiger partial charge in [-0.15, -0.1) is 5.10 Å². The predicted octanol–water partition coefficient (Wildman–Crippen LogP) is 0.688. The van der Waals surface area contributed by atoms with Crippen LogP contribution in [0.15, 0.2) is 42.6 Å². The molecule has 5 rings (SSSR count). The van der Waals surface area contributed by atoms with Gasteiger partial charge in [0.15, 0.2) is 0 Å². The Hall–Kier alpha value is -4.74. The molecule has 176 valence electrons. The second kappa shape index (κ2) is 8.56. The largest absolute Gasteiger partial charge is 0.324 e. The third-order valence-electron chi connectivity index (χ3n) is 5.74. The van der Waals surface area contributed by atoms with Crippen LogP contribution < -0.4 is 10.6 Å². The summed E-state index contributed by atoms with van der Waals surface area (Å²) in [5, 5.41) is 12.8. The third kappa shape index (κ3) is 4.05. The number of nitrogens with zero attached hydrogens (tertiary/aromatic N) is 5. The van der Waals surface area contributed by atoms with Gasteiger partial charge in [0.1, 0.15) is 18.3 Å². The molecule has 0 spiro atoms. The molecule has 1 unspecified atom stereocenters. The van der Waals surface area contributed by atoms with Gasteiger partial charge in [0, 0.05) is 12.1 Å². The van der Waals surface area contributed by atoms with Gasteiger partial charge in [0.05, 0.1) is 28.7 Å². The number of imide groups is 2. The number of anilines is 1. The van der Waals surface area contributed by atoms with Crippen LogP contribution in [-0.2, 0) is 20.9 Å². The highest BCUT2D eigenvalue weighted by Gasteiger charge is 2.45. The molecule has 2 aliphatic rings. The number of aryl methyl sites for hydroxylation is 1. The first-order valence-electron chi connectivity index (χ1n) is 10.8. The SMILES string of the molecule is Cc1cccc(-c2cn(CC(=O)Nc3cccc4c3C(=O)N(C3CCC(=O)NC3=O)C4=O)nn2)n1. The van der Waals surface area contributed by atoms with Gasteiger partial charge in [-0.2, -0.15) is 0 Å². The maximum atomic E-state index is 13.1. The number of benzene rings is 1. The maximum absolute atomic E-state index is 13.1. The smallest absolute Gasteiger partial charge is 0.264 e. The molecular formula is C23H19N7O5. The molecule has 2 aliphatic heterocycles. The van der Waals surface area contributed by atoms with E-state index in [0.29, 0.717) is 11.4 Å². The van der Waals surface area contributed by atoms with E-state index in [1.807, 2.05) is 19.1 Å². The van der Waals surface area contributed by atoms with E-state index < -0.39 is 35.6 Å². The molecule has 5 amide bonds. The Labute approximate surface area is 198 Å². The van der Waals surface area contributed by atoms with Gasteiger partial charge in [-0.25, -0.2) is 4.68 Å². The lowest BCUT2D eigenvalue weighted by atomic mass is 10.0. The zero-order chi connectivity index (χ0) is 24.7. The van der Waals surface area contributed by atoms with E-state index in [9.17, 15) is 24.0 Å². The Morgan fingerprint density at radius 2 is 1.89 bits per heavy atom. The number of carbonyl (C=O) groups is 5. The quantitative estimate of drug-likeness (QED) is 0.513. The van der Waals surface area contributed by atoms with Crippen LogP contribution in [0.2, 0.25) is 0 Å². The fourth-order valence-corrected chi connectivity index (χ4v) is 4.13. The van der Waals surface area contributed by atoms with Crippen LogP contribution in [0.1, 0.15) is 39.3 Å². The van der Waals surface area contributed by atoms with Crippen molar-refractivity contribution < 1.29 is 24.0 Å². The van der Waals surface area contributed by atoms with Gasteiger partial charge in [0.25, 0.3) is 11.8 Å². The number of amides is 5. The molecule has 2 N–H and O–H groups in total. The number of hydrogen-bond donors (Lipinski definition) is 2. The highest BCUT2D eigenvalue weighted by atomic mass is 16.2. The van der Waals surface area contributed by atoms with E-state index in [-0.39, 0.29) is 36.2 Å². The average Bonchev–Trinajstić information content (AvgIpc) is 3.37. The Bertz CT molecular complexity index is 1410. The Kier molecular flexibility index (Phi) is 5.40. The van der Waals surface area contributed by atoms with Crippen LogP contribution in [0.4, 0.5) is 5.69 Å². The normalized spacial score (nSPS) is 17.4. The molecule has 0 bridgehead atoms. The first kappa shape index (κ1) is 22.1. The van der Waals surface area contributed by atoms with Crippen LogP contribution >= 0.6 is 0 Å². The van der Waals surface area contributed by atoms with Crippen LogP contribution in [-0.4, -0.2) is 60.5 Å². The van der Waals surface area contributed by atoms with Crippen LogP contribution in [0.3, 0.4) is 0 Å². The lowest BCUT2D eigenvalue weighted by molar-refractivity contribution is -0.136. The van der Waals surface area contributed by atoms with Crippen LogP contribution in [0.5, 0.6) is 0 Å².